The van der Waals surface area contributed by atoms with Crippen molar-refractivity contribution in [3.63, 3.8) is 0 Å². The molecule has 0 unspecified atom stereocenters. The smallest absolute Gasteiger partial charge is 0.0793 e. The molecule has 0 bridgehead atoms. The van der Waals surface area contributed by atoms with Gasteiger partial charge in [0.1, 0.15) is 0 Å². The third-order valence-electron chi connectivity index (χ3n) is 3.49. The van der Waals surface area contributed by atoms with E-state index >= 15 is 0 Å². The summed E-state index contributed by atoms with van der Waals surface area (Å²) in [6.07, 6.45) is 8.21. The van der Waals surface area contributed by atoms with Gasteiger partial charge in [-0.25, -0.2) is 0 Å². The van der Waals surface area contributed by atoms with E-state index in [1.165, 1.54) is 23.8 Å². The summed E-state index contributed by atoms with van der Waals surface area (Å²) in [5.41, 5.74) is 2.63. The van der Waals surface area contributed by atoms with Crippen molar-refractivity contribution >= 4 is 10.9 Å². The van der Waals surface area contributed by atoms with Gasteiger partial charge in [-0.2, -0.15) is 0 Å². The van der Waals surface area contributed by atoms with E-state index in [9.17, 15) is 0 Å². The summed E-state index contributed by atoms with van der Waals surface area (Å²) in [6, 6.07) is 10.6. The maximum absolute atomic E-state index is 5.03. The highest BCUT2D eigenvalue weighted by molar-refractivity contribution is 5.79. The highest BCUT2D eigenvalue weighted by Gasteiger charge is 2.41. The number of hydrogen-bond donors (Lipinski definition) is 0. The van der Waals surface area contributed by atoms with Gasteiger partial charge < -0.3 is 4.74 Å². The zero-order valence-electron chi connectivity index (χ0n) is 9.89. The minimum absolute atomic E-state index is 0.208. The molecule has 0 N–H and O–H groups in total. The molecular formula is C15H15NO. The lowest BCUT2D eigenvalue weighted by molar-refractivity contribution is 0.335. The molecule has 0 spiro atoms. The molecule has 1 heterocycles. The van der Waals surface area contributed by atoms with Crippen LogP contribution >= 0.6 is 0 Å². The summed E-state index contributed by atoms with van der Waals surface area (Å²) in [5.74, 6) is 0. The van der Waals surface area contributed by atoms with Gasteiger partial charge in [-0.3, -0.25) is 4.98 Å². The minimum Gasteiger partial charge on any atom is -0.505 e. The van der Waals surface area contributed by atoms with Gasteiger partial charge in [0.2, 0.25) is 0 Å². The predicted molar refractivity (Wildman–Crippen MR) is 68.8 cm³/mol. The number of rotatable bonds is 3. The first-order valence-electron chi connectivity index (χ1n) is 5.90. The number of nitrogens with zero attached hydrogens (tertiary/aromatic N) is 1. The number of aromatic nitrogens is 1. The summed E-state index contributed by atoms with van der Waals surface area (Å²) in [7, 11) is 1.69. The largest absolute Gasteiger partial charge is 0.505 e. The van der Waals surface area contributed by atoms with Gasteiger partial charge in [-0.05, 0) is 42.7 Å². The molecule has 2 aromatic rings. The van der Waals surface area contributed by atoms with Crippen molar-refractivity contribution in [1.29, 1.82) is 0 Å². The molecule has 2 heteroatoms. The Labute approximate surface area is 101 Å². The van der Waals surface area contributed by atoms with Crippen LogP contribution in [0.25, 0.3) is 10.9 Å². The third kappa shape index (κ3) is 1.80. The van der Waals surface area contributed by atoms with Gasteiger partial charge in [0.25, 0.3) is 0 Å². The van der Waals surface area contributed by atoms with Gasteiger partial charge >= 0.3 is 0 Å². The molecule has 17 heavy (non-hydrogen) atoms. The van der Waals surface area contributed by atoms with Crippen LogP contribution < -0.4 is 0 Å². The Balaban J connectivity index is 2.04. The van der Waals surface area contributed by atoms with Crippen molar-refractivity contribution < 1.29 is 4.74 Å². The first kappa shape index (κ1) is 10.3. The summed E-state index contributed by atoms with van der Waals surface area (Å²) >= 11 is 0. The van der Waals surface area contributed by atoms with E-state index in [0.717, 1.165) is 5.52 Å². The molecule has 1 aliphatic rings. The van der Waals surface area contributed by atoms with Crippen LogP contribution in [0.15, 0.2) is 48.9 Å². The van der Waals surface area contributed by atoms with Crippen molar-refractivity contribution in [2.75, 3.05) is 7.11 Å². The summed E-state index contributed by atoms with van der Waals surface area (Å²) in [4.78, 5) is 4.34. The van der Waals surface area contributed by atoms with Crippen LogP contribution in [0.4, 0.5) is 0 Å². The maximum Gasteiger partial charge on any atom is 0.0793 e. The van der Waals surface area contributed by atoms with Crippen molar-refractivity contribution in [3.8, 4) is 0 Å². The molecule has 0 atom stereocenters. The second-order valence-corrected chi connectivity index (χ2v) is 4.61. The topological polar surface area (TPSA) is 22.1 Å². The maximum atomic E-state index is 5.03. The molecule has 0 saturated heterocycles. The van der Waals surface area contributed by atoms with Crippen LogP contribution in [0.3, 0.4) is 0 Å². The monoisotopic (exact) mass is 225 g/mol. The van der Waals surface area contributed by atoms with Crippen LogP contribution in [-0.4, -0.2) is 12.1 Å². The molecule has 2 nitrogen and oxygen atoms in total. The van der Waals surface area contributed by atoms with Crippen molar-refractivity contribution in [2.45, 2.75) is 18.3 Å². The van der Waals surface area contributed by atoms with E-state index in [1.54, 1.807) is 13.4 Å². The standard InChI is InChI=1S/C15H15NO/c1-17-10-8-15(6-7-15)13-4-5-14-12(11-13)3-2-9-16-14/h2-5,8-11H,6-7H2,1H3/b10-8+. The van der Waals surface area contributed by atoms with E-state index in [0.29, 0.717) is 0 Å². The Bertz CT molecular complexity index is 570. The van der Waals surface area contributed by atoms with Gasteiger partial charge in [0.05, 0.1) is 18.9 Å². The highest BCUT2D eigenvalue weighted by atomic mass is 16.5. The van der Waals surface area contributed by atoms with Crippen molar-refractivity contribution in [2.24, 2.45) is 0 Å². The molecular weight excluding hydrogens is 210 g/mol. The van der Waals surface area contributed by atoms with E-state index < -0.39 is 0 Å². The summed E-state index contributed by atoms with van der Waals surface area (Å²) in [5, 5.41) is 1.21. The number of ether oxygens (including phenoxy) is 1. The normalized spacial score (nSPS) is 17.5. The fourth-order valence-electron chi connectivity index (χ4n) is 2.27. The van der Waals surface area contributed by atoms with Crippen molar-refractivity contribution in [3.05, 3.63) is 54.4 Å². The number of benzene rings is 1. The predicted octanol–water partition coefficient (Wildman–Crippen LogP) is 3.43. The lowest BCUT2D eigenvalue weighted by Gasteiger charge is -2.11. The van der Waals surface area contributed by atoms with Crippen LogP contribution in [0, 0.1) is 0 Å². The number of methoxy groups -OCH3 is 1. The van der Waals surface area contributed by atoms with Gasteiger partial charge in [-0.15, -0.1) is 0 Å². The zero-order chi connectivity index (χ0) is 11.7. The zero-order valence-corrected chi connectivity index (χ0v) is 9.89. The Hall–Kier alpha value is -1.83. The highest BCUT2D eigenvalue weighted by Crippen LogP contribution is 2.49. The Morgan fingerprint density at radius 3 is 2.94 bits per heavy atom. The van der Waals surface area contributed by atoms with Crippen LogP contribution in [0.5, 0.6) is 0 Å². The Morgan fingerprint density at radius 1 is 1.29 bits per heavy atom. The Morgan fingerprint density at radius 2 is 2.18 bits per heavy atom. The molecule has 0 aliphatic heterocycles. The second kappa shape index (κ2) is 3.88. The molecule has 0 amide bonds. The van der Waals surface area contributed by atoms with E-state index in [-0.39, 0.29) is 5.41 Å². The quantitative estimate of drug-likeness (QED) is 0.747. The number of hydrogen-bond acceptors (Lipinski definition) is 2. The fourth-order valence-corrected chi connectivity index (χ4v) is 2.27. The minimum atomic E-state index is 0.208. The van der Waals surface area contributed by atoms with E-state index in [1.807, 2.05) is 12.3 Å². The molecule has 1 saturated carbocycles. The number of allylic oxidation sites excluding steroid dienone is 1. The second-order valence-electron chi connectivity index (χ2n) is 4.61. The SMILES string of the molecule is CO/C=C/C1(c2ccc3ncccc3c2)CC1. The van der Waals surface area contributed by atoms with E-state index in [4.69, 9.17) is 4.74 Å². The summed E-state index contributed by atoms with van der Waals surface area (Å²) < 4.78 is 5.03. The van der Waals surface area contributed by atoms with Gasteiger partial charge in [0.15, 0.2) is 0 Å². The number of pyridine rings is 1. The molecule has 1 aliphatic carbocycles. The van der Waals surface area contributed by atoms with Crippen LogP contribution in [-0.2, 0) is 10.2 Å². The third-order valence-corrected chi connectivity index (χ3v) is 3.49. The molecule has 1 aromatic carbocycles. The van der Waals surface area contributed by atoms with E-state index in [2.05, 4.69) is 35.3 Å². The Kier molecular flexibility index (Phi) is 2.36. The average molecular weight is 225 g/mol. The average Bonchev–Trinajstić information content (AvgIpc) is 3.17. The fraction of sp³-hybridized carbons (Fsp3) is 0.267. The molecule has 86 valence electrons. The van der Waals surface area contributed by atoms with Crippen molar-refractivity contribution in [1.82, 2.24) is 4.98 Å². The van der Waals surface area contributed by atoms with Gasteiger partial charge in [-0.1, -0.05) is 12.1 Å². The summed E-state index contributed by atoms with van der Waals surface area (Å²) in [6.45, 7) is 0. The first-order valence-corrected chi connectivity index (χ1v) is 5.90. The van der Waals surface area contributed by atoms with Crippen LogP contribution in [0.1, 0.15) is 18.4 Å². The first-order chi connectivity index (χ1) is 8.34. The molecule has 3 rings (SSSR count). The van der Waals surface area contributed by atoms with Crippen LogP contribution in [0.2, 0.25) is 0 Å². The molecule has 1 aromatic heterocycles. The molecule has 0 radical (unpaired) electrons. The molecule has 1 fully saturated rings. The van der Waals surface area contributed by atoms with Gasteiger partial charge in [0, 0.05) is 17.0 Å². The number of fused-ring (bicyclic) bond motifs is 1. The lowest BCUT2D eigenvalue weighted by Crippen LogP contribution is -2.02. The lowest BCUT2D eigenvalue weighted by atomic mass is 9.94.